The van der Waals surface area contributed by atoms with Crippen LogP contribution in [0.4, 0.5) is 14.9 Å². The van der Waals surface area contributed by atoms with Gasteiger partial charge >= 0.3 is 6.03 Å². The molecule has 1 heterocycles. The number of hydrogen-bond acceptors (Lipinski definition) is 5. The van der Waals surface area contributed by atoms with E-state index in [0.29, 0.717) is 31.6 Å². The molecule has 3 aromatic carbocycles. The largest absolute Gasteiger partial charge is 0.493 e. The van der Waals surface area contributed by atoms with E-state index in [1.54, 1.807) is 30.3 Å². The van der Waals surface area contributed by atoms with E-state index in [0.717, 1.165) is 22.6 Å². The van der Waals surface area contributed by atoms with Gasteiger partial charge in [-0.25, -0.2) is 14.1 Å². The molecule has 1 saturated heterocycles. The van der Waals surface area contributed by atoms with E-state index >= 15 is 0 Å². The van der Waals surface area contributed by atoms with Gasteiger partial charge in [0.2, 0.25) is 0 Å². The smallest absolute Gasteiger partial charge is 0.335 e. The summed E-state index contributed by atoms with van der Waals surface area (Å²) in [6.07, 6.45) is 1.32. The molecule has 1 aliphatic heterocycles. The minimum absolute atomic E-state index is 0.111. The molecule has 36 heavy (non-hydrogen) atoms. The van der Waals surface area contributed by atoms with Gasteiger partial charge in [-0.05, 0) is 65.7 Å². The van der Waals surface area contributed by atoms with Crippen molar-refractivity contribution in [1.82, 2.24) is 5.32 Å². The van der Waals surface area contributed by atoms with Crippen molar-refractivity contribution in [3.05, 3.63) is 91.6 Å². The molecule has 0 saturated carbocycles. The van der Waals surface area contributed by atoms with E-state index in [9.17, 15) is 18.8 Å². The van der Waals surface area contributed by atoms with Crippen LogP contribution in [0, 0.1) is 5.82 Å². The van der Waals surface area contributed by atoms with Crippen LogP contribution in [-0.4, -0.2) is 25.0 Å². The number of benzene rings is 3. The van der Waals surface area contributed by atoms with E-state index in [-0.39, 0.29) is 17.9 Å². The maximum atomic E-state index is 13.3. The van der Waals surface area contributed by atoms with Crippen LogP contribution < -0.4 is 19.7 Å². The minimum atomic E-state index is -0.934. The first-order chi connectivity index (χ1) is 17.2. The fourth-order valence-electron chi connectivity index (χ4n) is 3.36. The van der Waals surface area contributed by atoms with Crippen molar-refractivity contribution < 1.29 is 28.2 Å². The van der Waals surface area contributed by atoms with Crippen molar-refractivity contribution in [3.8, 4) is 11.5 Å². The first-order valence-corrected chi connectivity index (χ1v) is 11.8. The number of nitrogens with zero attached hydrogens (tertiary/aromatic N) is 1. The summed E-state index contributed by atoms with van der Waals surface area (Å²) in [6.45, 7) is 0.176. The highest BCUT2D eigenvalue weighted by Crippen LogP contribution is 2.36. The van der Waals surface area contributed by atoms with Crippen molar-refractivity contribution in [3.63, 3.8) is 0 Å². The molecule has 184 valence electrons. The Bertz CT molecular complexity index is 1410. The molecule has 0 aliphatic carbocycles. The zero-order chi connectivity index (χ0) is 26.0. The number of halogens is 4. The van der Waals surface area contributed by atoms with Crippen LogP contribution in [0.2, 0.25) is 10.0 Å². The lowest BCUT2D eigenvalue weighted by atomic mass is 10.1. The summed E-state index contributed by atoms with van der Waals surface area (Å²) in [7, 11) is 1.44. The van der Waals surface area contributed by atoms with Gasteiger partial charge in [-0.3, -0.25) is 14.9 Å². The molecule has 4 rings (SSSR count). The molecule has 4 amide bonds. The zero-order valence-electron chi connectivity index (χ0n) is 18.5. The highest BCUT2D eigenvalue weighted by Gasteiger charge is 2.37. The highest BCUT2D eigenvalue weighted by molar-refractivity contribution is 9.10. The summed E-state index contributed by atoms with van der Waals surface area (Å²) in [5.74, 6) is -1.54. The van der Waals surface area contributed by atoms with Crippen LogP contribution in [-0.2, 0) is 16.2 Å². The first kappa shape index (κ1) is 25.7. The number of nitrogens with one attached hydrogen (secondary N) is 1. The number of rotatable bonds is 6. The van der Waals surface area contributed by atoms with Crippen molar-refractivity contribution in [2.24, 2.45) is 0 Å². The lowest BCUT2D eigenvalue weighted by molar-refractivity contribution is -0.122. The molecule has 0 aromatic heterocycles. The normalized spacial score (nSPS) is 14.8. The standard InChI is InChI=1S/C25H16BrCl2FN2O5/c1-35-21-10-14(18(26)11-22(21)36-12-13-2-7-19(27)20(28)8-13)9-17-23(32)30-25(34)31(24(17)33)16-5-3-15(29)4-6-16/h2-11H,12H2,1H3,(H,30,32,34)/b17-9+. The van der Waals surface area contributed by atoms with Gasteiger partial charge in [-0.15, -0.1) is 0 Å². The molecule has 0 bridgehead atoms. The summed E-state index contributed by atoms with van der Waals surface area (Å²) in [5.41, 5.74) is 1.01. The van der Waals surface area contributed by atoms with Gasteiger partial charge in [0.15, 0.2) is 11.5 Å². The van der Waals surface area contributed by atoms with Gasteiger partial charge in [0, 0.05) is 4.47 Å². The molecule has 0 atom stereocenters. The Balaban J connectivity index is 1.63. The number of barbiturate groups is 1. The van der Waals surface area contributed by atoms with Crippen LogP contribution in [0.3, 0.4) is 0 Å². The second-order valence-corrected chi connectivity index (χ2v) is 9.16. The Kier molecular flexibility index (Phi) is 7.63. The van der Waals surface area contributed by atoms with Gasteiger partial charge in [-0.1, -0.05) is 45.2 Å². The summed E-state index contributed by atoms with van der Waals surface area (Å²) < 4.78 is 25.1. The topological polar surface area (TPSA) is 84.9 Å². The number of ether oxygens (including phenoxy) is 2. The van der Waals surface area contributed by atoms with E-state index in [2.05, 4.69) is 21.2 Å². The number of carbonyl (C=O) groups excluding carboxylic acids is 3. The Morgan fingerprint density at radius 2 is 1.72 bits per heavy atom. The predicted octanol–water partition coefficient (Wildman–Crippen LogP) is 6.15. The Labute approximate surface area is 223 Å². The molecule has 1 aliphatic rings. The number of methoxy groups -OCH3 is 1. The summed E-state index contributed by atoms with van der Waals surface area (Å²) >= 11 is 15.4. The monoisotopic (exact) mass is 592 g/mol. The zero-order valence-corrected chi connectivity index (χ0v) is 21.6. The summed E-state index contributed by atoms with van der Waals surface area (Å²) in [6, 6.07) is 12.1. The fourth-order valence-corrected chi connectivity index (χ4v) is 4.12. The molecular weight excluding hydrogens is 578 g/mol. The van der Waals surface area contributed by atoms with Crippen molar-refractivity contribution in [2.75, 3.05) is 12.0 Å². The Morgan fingerprint density at radius 1 is 1.00 bits per heavy atom. The van der Waals surface area contributed by atoms with Gasteiger partial charge in [0.1, 0.15) is 18.0 Å². The van der Waals surface area contributed by atoms with Crippen LogP contribution in [0.25, 0.3) is 6.08 Å². The van der Waals surface area contributed by atoms with E-state index < -0.39 is 23.7 Å². The van der Waals surface area contributed by atoms with Gasteiger partial charge in [-0.2, -0.15) is 0 Å². The average Bonchev–Trinajstić information content (AvgIpc) is 2.84. The molecule has 3 aromatic rings. The van der Waals surface area contributed by atoms with Gasteiger partial charge in [0.25, 0.3) is 11.8 Å². The van der Waals surface area contributed by atoms with Crippen LogP contribution in [0.1, 0.15) is 11.1 Å². The minimum Gasteiger partial charge on any atom is -0.493 e. The Hall–Kier alpha value is -3.40. The lowest BCUT2D eigenvalue weighted by Crippen LogP contribution is -2.54. The van der Waals surface area contributed by atoms with Gasteiger partial charge in [0.05, 0.1) is 22.8 Å². The molecule has 1 N–H and O–H groups in total. The number of carbonyl (C=O) groups is 3. The summed E-state index contributed by atoms with van der Waals surface area (Å²) in [4.78, 5) is 38.7. The molecule has 1 fully saturated rings. The van der Waals surface area contributed by atoms with Crippen LogP contribution in [0.5, 0.6) is 11.5 Å². The highest BCUT2D eigenvalue weighted by atomic mass is 79.9. The van der Waals surface area contributed by atoms with Crippen LogP contribution >= 0.6 is 39.1 Å². The number of anilines is 1. The number of amides is 4. The number of imide groups is 2. The Morgan fingerprint density at radius 3 is 2.39 bits per heavy atom. The first-order valence-electron chi connectivity index (χ1n) is 10.3. The molecule has 11 heteroatoms. The van der Waals surface area contributed by atoms with E-state index in [4.69, 9.17) is 32.7 Å². The third-order valence-corrected chi connectivity index (χ3v) is 6.57. The van der Waals surface area contributed by atoms with Crippen molar-refractivity contribution in [1.29, 1.82) is 0 Å². The molecule has 0 unspecified atom stereocenters. The molecule has 0 radical (unpaired) electrons. The van der Waals surface area contributed by atoms with Crippen LogP contribution in [0.15, 0.2) is 64.6 Å². The molecule has 0 spiro atoms. The molecule has 7 nitrogen and oxygen atoms in total. The molecular formula is C25H16BrCl2FN2O5. The summed E-state index contributed by atoms with van der Waals surface area (Å²) in [5, 5.41) is 2.95. The third kappa shape index (κ3) is 5.38. The lowest BCUT2D eigenvalue weighted by Gasteiger charge is -2.26. The predicted molar refractivity (Wildman–Crippen MR) is 137 cm³/mol. The van der Waals surface area contributed by atoms with Gasteiger partial charge < -0.3 is 9.47 Å². The van der Waals surface area contributed by atoms with Crippen molar-refractivity contribution >= 4 is 68.7 Å². The maximum absolute atomic E-state index is 13.3. The van der Waals surface area contributed by atoms with E-state index in [1.165, 1.54) is 25.3 Å². The quantitative estimate of drug-likeness (QED) is 0.274. The second kappa shape index (κ2) is 10.7. The van der Waals surface area contributed by atoms with E-state index in [1.807, 2.05) is 0 Å². The second-order valence-electron chi connectivity index (χ2n) is 7.50. The average molecular weight is 594 g/mol. The number of urea groups is 1. The third-order valence-electron chi connectivity index (χ3n) is 5.15. The SMILES string of the molecule is COc1cc(/C=C2\C(=O)NC(=O)N(c3ccc(F)cc3)C2=O)c(Br)cc1OCc1ccc(Cl)c(Cl)c1. The maximum Gasteiger partial charge on any atom is 0.335 e. The van der Waals surface area contributed by atoms with Crippen molar-refractivity contribution in [2.45, 2.75) is 6.61 Å². The fraction of sp³-hybridized carbons (Fsp3) is 0.0800. The number of hydrogen-bond donors (Lipinski definition) is 1.